The average molecular weight is 335 g/mol. The van der Waals surface area contributed by atoms with Crippen molar-refractivity contribution in [1.82, 2.24) is 5.32 Å². The van der Waals surface area contributed by atoms with Crippen LogP contribution in [0.3, 0.4) is 0 Å². The summed E-state index contributed by atoms with van der Waals surface area (Å²) >= 11 is 0. The van der Waals surface area contributed by atoms with Crippen molar-refractivity contribution in [2.24, 2.45) is 11.3 Å². The molecule has 0 saturated carbocycles. The van der Waals surface area contributed by atoms with Crippen LogP contribution < -0.4 is 5.32 Å². The molecular formula is C19H29NO4. The van der Waals surface area contributed by atoms with Gasteiger partial charge in [0.05, 0.1) is 0 Å². The number of amides is 1. The van der Waals surface area contributed by atoms with E-state index in [1.54, 1.807) is 19.2 Å². The number of carbonyl (C=O) groups excluding carboxylic acids is 2. The number of methoxy groups -OCH3 is 1. The molecule has 0 fully saturated rings. The Bertz CT molecular complexity index is 531. The highest BCUT2D eigenvalue weighted by Crippen LogP contribution is 2.17. The zero-order valence-corrected chi connectivity index (χ0v) is 15.1. The molecule has 1 unspecified atom stereocenters. The molecular weight excluding hydrogens is 306 g/mol. The Kier molecular flexibility index (Phi) is 8.08. The van der Waals surface area contributed by atoms with Gasteiger partial charge in [0.15, 0.2) is 5.78 Å². The zero-order valence-electron chi connectivity index (χ0n) is 15.1. The number of hydrogen-bond acceptors (Lipinski definition) is 4. The van der Waals surface area contributed by atoms with Crippen molar-refractivity contribution >= 4 is 11.7 Å². The van der Waals surface area contributed by atoms with Crippen LogP contribution in [-0.4, -0.2) is 37.1 Å². The maximum Gasteiger partial charge on any atom is 0.225 e. The van der Waals surface area contributed by atoms with E-state index in [1.807, 2.05) is 32.9 Å². The van der Waals surface area contributed by atoms with Crippen LogP contribution in [0, 0.1) is 11.3 Å². The minimum absolute atomic E-state index is 0.00905. The van der Waals surface area contributed by atoms with E-state index in [9.17, 15) is 9.59 Å². The first-order valence-corrected chi connectivity index (χ1v) is 8.31. The first-order chi connectivity index (χ1) is 11.3. The molecule has 0 aliphatic carbocycles. The fourth-order valence-corrected chi connectivity index (χ4v) is 2.29. The number of ether oxygens (including phenoxy) is 1. The zero-order chi connectivity index (χ0) is 18.2. The lowest BCUT2D eigenvalue weighted by molar-refractivity contribution is -0.128. The van der Waals surface area contributed by atoms with Gasteiger partial charge in [0.2, 0.25) is 5.91 Å². The summed E-state index contributed by atoms with van der Waals surface area (Å²) in [5.74, 6) is -0.224. The minimum Gasteiger partial charge on any atom is -0.396 e. The molecule has 0 saturated heterocycles. The van der Waals surface area contributed by atoms with Gasteiger partial charge in [-0.15, -0.1) is 0 Å². The van der Waals surface area contributed by atoms with Crippen LogP contribution >= 0.6 is 0 Å². The lowest BCUT2D eigenvalue weighted by Crippen LogP contribution is -2.34. The molecule has 134 valence electrons. The van der Waals surface area contributed by atoms with Gasteiger partial charge >= 0.3 is 0 Å². The second kappa shape index (κ2) is 9.55. The molecule has 2 N–H and O–H groups in total. The molecule has 1 atom stereocenters. The van der Waals surface area contributed by atoms with E-state index in [1.165, 1.54) is 0 Å². The van der Waals surface area contributed by atoms with E-state index in [-0.39, 0.29) is 24.2 Å². The number of benzene rings is 1. The third-order valence-corrected chi connectivity index (χ3v) is 3.89. The first-order valence-electron chi connectivity index (χ1n) is 8.31. The van der Waals surface area contributed by atoms with Crippen molar-refractivity contribution in [2.75, 3.05) is 20.3 Å². The first kappa shape index (κ1) is 20.3. The van der Waals surface area contributed by atoms with Gasteiger partial charge in [-0.25, -0.2) is 0 Å². The molecule has 0 radical (unpaired) electrons. The van der Waals surface area contributed by atoms with Crippen molar-refractivity contribution < 1.29 is 19.4 Å². The Balaban J connectivity index is 2.68. The van der Waals surface area contributed by atoms with Gasteiger partial charge in [-0.1, -0.05) is 45.0 Å². The molecule has 0 heterocycles. The lowest BCUT2D eigenvalue weighted by atomic mass is 9.91. The van der Waals surface area contributed by atoms with Crippen LogP contribution in [0.25, 0.3) is 0 Å². The Labute approximate surface area is 144 Å². The highest BCUT2D eigenvalue weighted by Gasteiger charge is 2.21. The summed E-state index contributed by atoms with van der Waals surface area (Å²) in [6, 6.07) is 7.25. The predicted molar refractivity (Wildman–Crippen MR) is 93.8 cm³/mol. The average Bonchev–Trinajstić information content (AvgIpc) is 2.55. The van der Waals surface area contributed by atoms with Crippen LogP contribution in [0.4, 0.5) is 0 Å². The normalized spacial score (nSPS) is 12.7. The maximum absolute atomic E-state index is 12.5. The van der Waals surface area contributed by atoms with Crippen LogP contribution in [-0.2, 0) is 16.1 Å². The summed E-state index contributed by atoms with van der Waals surface area (Å²) in [6.07, 6.45) is 1.03. The van der Waals surface area contributed by atoms with Crippen LogP contribution in [0.15, 0.2) is 24.3 Å². The van der Waals surface area contributed by atoms with Gasteiger partial charge in [0.25, 0.3) is 0 Å². The quantitative estimate of drug-likeness (QED) is 0.680. The topological polar surface area (TPSA) is 75.6 Å². The van der Waals surface area contributed by atoms with Gasteiger partial charge in [-0.05, 0) is 18.4 Å². The van der Waals surface area contributed by atoms with Crippen molar-refractivity contribution in [3.8, 4) is 0 Å². The van der Waals surface area contributed by atoms with Crippen LogP contribution in [0.5, 0.6) is 0 Å². The van der Waals surface area contributed by atoms with E-state index in [4.69, 9.17) is 9.84 Å². The summed E-state index contributed by atoms with van der Waals surface area (Å²) < 4.78 is 5.03. The number of aliphatic hydroxyl groups is 1. The summed E-state index contributed by atoms with van der Waals surface area (Å²) in [5.41, 5.74) is 1.14. The van der Waals surface area contributed by atoms with Crippen molar-refractivity contribution in [3.63, 3.8) is 0 Å². The van der Waals surface area contributed by atoms with Gasteiger partial charge in [-0.2, -0.15) is 0 Å². The molecule has 0 aliphatic rings. The molecule has 0 bridgehead atoms. The molecule has 1 rings (SSSR count). The van der Waals surface area contributed by atoms with Crippen LogP contribution in [0.2, 0.25) is 0 Å². The van der Waals surface area contributed by atoms with E-state index in [0.29, 0.717) is 31.6 Å². The summed E-state index contributed by atoms with van der Waals surface area (Å²) in [5, 5.41) is 12.0. The summed E-state index contributed by atoms with van der Waals surface area (Å²) in [4.78, 5) is 24.4. The number of carbonyl (C=O) groups is 2. The Morgan fingerprint density at radius 2 is 1.79 bits per heavy atom. The molecule has 0 aromatic heterocycles. The highest BCUT2D eigenvalue weighted by molar-refractivity contribution is 5.97. The maximum atomic E-state index is 12.5. The molecule has 1 aromatic rings. The van der Waals surface area contributed by atoms with Gasteiger partial charge in [0, 0.05) is 43.8 Å². The summed E-state index contributed by atoms with van der Waals surface area (Å²) in [7, 11) is 1.60. The number of Topliss-reactive ketones (excluding diaryl/α,β-unsaturated/α-hetero) is 1. The Hall–Kier alpha value is -1.72. The Morgan fingerprint density at radius 3 is 2.29 bits per heavy atom. The standard InChI is InChI=1S/C19H29NO4/c1-19(2,3)18(23)20-13-14-5-7-15(8-6-14)17(22)16(9-11-21)10-12-24-4/h5-8,16,21H,9-13H2,1-4H3,(H,20,23). The fraction of sp³-hybridized carbons (Fsp3) is 0.579. The number of hydrogen-bond donors (Lipinski definition) is 2. The van der Waals surface area contributed by atoms with Crippen molar-refractivity contribution in [2.45, 2.75) is 40.2 Å². The molecule has 0 aliphatic heterocycles. The Morgan fingerprint density at radius 1 is 1.17 bits per heavy atom. The second-order valence-electron chi connectivity index (χ2n) is 6.98. The fourth-order valence-electron chi connectivity index (χ4n) is 2.29. The molecule has 0 spiro atoms. The van der Waals surface area contributed by atoms with Crippen LogP contribution in [0.1, 0.15) is 49.5 Å². The number of nitrogens with one attached hydrogen (secondary N) is 1. The molecule has 5 nitrogen and oxygen atoms in total. The highest BCUT2D eigenvalue weighted by atomic mass is 16.5. The van der Waals surface area contributed by atoms with E-state index < -0.39 is 5.41 Å². The SMILES string of the molecule is COCCC(CCO)C(=O)c1ccc(CNC(=O)C(C)(C)C)cc1. The molecule has 1 amide bonds. The molecule has 1 aromatic carbocycles. The monoisotopic (exact) mass is 335 g/mol. The number of aliphatic hydroxyl groups excluding tert-OH is 1. The third-order valence-electron chi connectivity index (χ3n) is 3.89. The molecule has 24 heavy (non-hydrogen) atoms. The minimum atomic E-state index is -0.422. The predicted octanol–water partition coefficient (Wildman–Crippen LogP) is 2.57. The van der Waals surface area contributed by atoms with Gasteiger partial charge in [0.1, 0.15) is 0 Å². The van der Waals surface area contributed by atoms with Crippen molar-refractivity contribution in [1.29, 1.82) is 0 Å². The number of rotatable bonds is 9. The lowest BCUT2D eigenvalue weighted by Gasteiger charge is -2.18. The third kappa shape index (κ3) is 6.42. The van der Waals surface area contributed by atoms with Gasteiger partial charge in [-0.3, -0.25) is 9.59 Å². The molecule has 5 heteroatoms. The van der Waals surface area contributed by atoms with E-state index in [0.717, 1.165) is 5.56 Å². The van der Waals surface area contributed by atoms with Crippen molar-refractivity contribution in [3.05, 3.63) is 35.4 Å². The largest absolute Gasteiger partial charge is 0.396 e. The second-order valence-corrected chi connectivity index (χ2v) is 6.98. The smallest absolute Gasteiger partial charge is 0.225 e. The van der Waals surface area contributed by atoms with Gasteiger partial charge < -0.3 is 15.2 Å². The van der Waals surface area contributed by atoms with E-state index >= 15 is 0 Å². The summed E-state index contributed by atoms with van der Waals surface area (Å²) in [6.45, 7) is 6.51. The number of ketones is 1. The van der Waals surface area contributed by atoms with E-state index in [2.05, 4.69) is 5.32 Å².